The topological polar surface area (TPSA) is 56.4 Å². The van der Waals surface area contributed by atoms with Gasteiger partial charge in [-0.3, -0.25) is 0 Å². The van der Waals surface area contributed by atoms with Gasteiger partial charge in [0.25, 0.3) is 0 Å². The van der Waals surface area contributed by atoms with E-state index in [-0.39, 0.29) is 0 Å². The molecule has 7 heavy (non-hydrogen) atoms. The molecule has 0 aliphatic carbocycles. The van der Waals surface area contributed by atoms with E-state index >= 15 is 0 Å². The molecule has 42 valence electrons. The summed E-state index contributed by atoms with van der Waals surface area (Å²) in [6.07, 6.45) is 0. The molecule has 0 fully saturated rings. The molecule has 0 saturated carbocycles. The van der Waals surface area contributed by atoms with Crippen LogP contribution in [0.4, 0.5) is 0 Å². The third-order valence-corrected chi connectivity index (χ3v) is 0.237. The average molecular weight is 102 g/mol. The number of nitrogens with one attached hydrogen (secondary N) is 1. The van der Waals surface area contributed by atoms with Crippen LogP contribution >= 0.6 is 0 Å². The second-order valence-corrected chi connectivity index (χ2v) is 0.586. The van der Waals surface area contributed by atoms with Crippen molar-refractivity contribution in [2.75, 3.05) is 13.7 Å². The zero-order valence-corrected chi connectivity index (χ0v) is 4.60. The maximum Gasteiger partial charge on any atom is 0.0861 e. The summed E-state index contributed by atoms with van der Waals surface area (Å²) in [6, 6.07) is 1.89. The molecule has 2 N–H and O–H groups in total. The van der Waals surface area contributed by atoms with Crippen LogP contribution in [-0.2, 0) is 0 Å². The quantitative estimate of drug-likeness (QED) is 0.461. The lowest BCUT2D eigenvalue weighted by Gasteiger charge is -1.60. The molecule has 0 aromatic rings. The molecule has 0 atom stereocenters. The molecule has 3 nitrogen and oxygen atoms in total. The van der Waals surface area contributed by atoms with E-state index in [1.54, 1.807) is 0 Å². The Balaban J connectivity index is 0. The van der Waals surface area contributed by atoms with Gasteiger partial charge in [0.2, 0.25) is 0 Å². The Bertz CT molecular complexity index is 56.7. The monoisotopic (exact) mass is 102 g/mol. The molecule has 0 spiro atoms. The zero-order valence-electron chi connectivity index (χ0n) is 4.60. The van der Waals surface area contributed by atoms with Gasteiger partial charge < -0.3 is 5.11 Å². The first-order valence-electron chi connectivity index (χ1n) is 1.94. The van der Waals surface area contributed by atoms with E-state index in [0.717, 1.165) is 7.11 Å². The van der Waals surface area contributed by atoms with Crippen molar-refractivity contribution in [3.63, 3.8) is 0 Å². The number of rotatable bonds is 1. The normalized spacial score (nSPS) is 5.00. The molecule has 0 heterocycles. The first-order chi connectivity index (χ1) is 3.41. The second-order valence-electron chi connectivity index (χ2n) is 0.586. The summed E-state index contributed by atoms with van der Waals surface area (Å²) >= 11 is 0. The number of aliphatic hydroxyl groups is 1. The predicted octanol–water partition coefficient (Wildman–Crippen LogP) is 0.367. The Morgan fingerprint density at radius 3 is 2.14 bits per heavy atom. The van der Waals surface area contributed by atoms with E-state index in [1.807, 2.05) is 12.9 Å². The molecule has 0 unspecified atom stereocenters. The van der Waals surface area contributed by atoms with Crippen molar-refractivity contribution in [1.82, 2.24) is 0 Å². The number of nitrogens with zero attached hydrogens (tertiary/aromatic N) is 1. The van der Waals surface area contributed by atoms with Crippen LogP contribution in [0.1, 0.15) is 6.92 Å². The summed E-state index contributed by atoms with van der Waals surface area (Å²) in [5.41, 5.74) is 0. The standard InChI is InChI=1S/C3H6N2.CH4O/c1-2-5-3-4;1-2/h4H,2H2,1H3;2H,1H3. The summed E-state index contributed by atoms with van der Waals surface area (Å²) in [4.78, 5) is 3.39. The van der Waals surface area contributed by atoms with Gasteiger partial charge in [-0.15, -0.1) is 0 Å². The van der Waals surface area contributed by atoms with Crippen LogP contribution in [0.2, 0.25) is 0 Å². The molecule has 0 amide bonds. The van der Waals surface area contributed by atoms with Gasteiger partial charge in [0.05, 0.1) is 6.01 Å². The van der Waals surface area contributed by atoms with Crippen LogP contribution in [0, 0.1) is 5.41 Å². The minimum Gasteiger partial charge on any atom is -0.400 e. The lowest BCUT2D eigenvalue weighted by molar-refractivity contribution is 0.399. The van der Waals surface area contributed by atoms with Crippen LogP contribution in [0.5, 0.6) is 0 Å². The van der Waals surface area contributed by atoms with Gasteiger partial charge in [0.1, 0.15) is 0 Å². The van der Waals surface area contributed by atoms with Crippen molar-refractivity contribution in [2.45, 2.75) is 6.92 Å². The molecule has 3 heteroatoms. The first kappa shape index (κ1) is 9.60. The summed E-state index contributed by atoms with van der Waals surface area (Å²) in [5, 5.41) is 13.2. The van der Waals surface area contributed by atoms with Gasteiger partial charge in [-0.05, 0) is 6.92 Å². The van der Waals surface area contributed by atoms with E-state index in [9.17, 15) is 0 Å². The van der Waals surface area contributed by atoms with Crippen molar-refractivity contribution in [1.29, 1.82) is 5.41 Å². The van der Waals surface area contributed by atoms with E-state index in [4.69, 9.17) is 10.5 Å². The molecule has 0 aliphatic rings. The Morgan fingerprint density at radius 1 is 1.71 bits per heavy atom. The maximum absolute atomic E-state index is 7.00. The highest BCUT2D eigenvalue weighted by molar-refractivity contribution is 5.35. The summed E-state index contributed by atoms with van der Waals surface area (Å²) in [5.74, 6) is 0. The van der Waals surface area contributed by atoms with Crippen LogP contribution in [-0.4, -0.2) is 24.8 Å². The highest BCUT2D eigenvalue weighted by Gasteiger charge is 1.49. The molecule has 0 rings (SSSR count). The van der Waals surface area contributed by atoms with Gasteiger partial charge in [-0.1, -0.05) is 0 Å². The highest BCUT2D eigenvalue weighted by atomic mass is 16.2. The third-order valence-electron chi connectivity index (χ3n) is 0.237. The number of hydrogen-bond donors (Lipinski definition) is 2. The van der Waals surface area contributed by atoms with E-state index < -0.39 is 0 Å². The van der Waals surface area contributed by atoms with Gasteiger partial charge in [0, 0.05) is 13.7 Å². The molecule has 0 bridgehead atoms. The van der Waals surface area contributed by atoms with Crippen molar-refractivity contribution >= 4 is 6.01 Å². The van der Waals surface area contributed by atoms with Gasteiger partial charge >= 0.3 is 0 Å². The molecule has 0 aromatic heterocycles. The van der Waals surface area contributed by atoms with Crippen molar-refractivity contribution in [2.24, 2.45) is 4.99 Å². The van der Waals surface area contributed by atoms with E-state index in [2.05, 4.69) is 4.99 Å². The predicted molar refractivity (Wildman–Crippen MR) is 28.8 cm³/mol. The number of aliphatic imine (C=N–C) groups is 1. The molecule has 0 radical (unpaired) electrons. The molecule has 0 aromatic carbocycles. The van der Waals surface area contributed by atoms with Crippen molar-refractivity contribution in [3.05, 3.63) is 0 Å². The van der Waals surface area contributed by atoms with Crippen LogP contribution in [0.15, 0.2) is 4.99 Å². The molecule has 0 saturated heterocycles. The third kappa shape index (κ3) is 33.2. The SMILES string of the molecule is CCN=C=N.CO. The number of aliphatic hydroxyl groups excluding tert-OH is 1. The zero-order chi connectivity index (χ0) is 6.12. The van der Waals surface area contributed by atoms with Crippen molar-refractivity contribution in [3.8, 4) is 0 Å². The fourth-order valence-corrected chi connectivity index (χ4v) is 0.0791. The summed E-state index contributed by atoms with van der Waals surface area (Å²) < 4.78 is 0. The molecular weight excluding hydrogens is 92.1 g/mol. The number of hydrogen-bond acceptors (Lipinski definition) is 3. The molecular formula is C4H10N2O. The minimum atomic E-state index is 0.670. The van der Waals surface area contributed by atoms with Crippen LogP contribution in [0.3, 0.4) is 0 Å². The van der Waals surface area contributed by atoms with Crippen molar-refractivity contribution < 1.29 is 5.11 Å². The van der Waals surface area contributed by atoms with Gasteiger partial charge in [-0.2, -0.15) is 0 Å². The smallest absolute Gasteiger partial charge is 0.0861 e. The van der Waals surface area contributed by atoms with Gasteiger partial charge in [0.15, 0.2) is 0 Å². The lowest BCUT2D eigenvalue weighted by Crippen LogP contribution is -1.58. The van der Waals surface area contributed by atoms with E-state index in [0.29, 0.717) is 6.54 Å². The molecule has 0 aliphatic heterocycles. The second kappa shape index (κ2) is 18.4. The van der Waals surface area contributed by atoms with Crippen LogP contribution in [0.25, 0.3) is 0 Å². The minimum absolute atomic E-state index is 0.670. The lowest BCUT2D eigenvalue weighted by atomic mass is 10.8. The van der Waals surface area contributed by atoms with Gasteiger partial charge in [-0.25, -0.2) is 10.4 Å². The Morgan fingerprint density at radius 2 is 2.14 bits per heavy atom. The fourth-order valence-electron chi connectivity index (χ4n) is 0.0791. The first-order valence-corrected chi connectivity index (χ1v) is 1.94. The van der Waals surface area contributed by atoms with E-state index in [1.165, 1.54) is 0 Å². The Kier molecular flexibility index (Phi) is 25.2. The summed E-state index contributed by atoms with van der Waals surface area (Å²) in [6.45, 7) is 2.53. The maximum atomic E-state index is 7.00. The average Bonchev–Trinajstić information content (AvgIpc) is 1.75. The highest BCUT2D eigenvalue weighted by Crippen LogP contribution is 1.53. The fraction of sp³-hybridized carbons (Fsp3) is 0.750. The summed E-state index contributed by atoms with van der Waals surface area (Å²) in [7, 11) is 1.00. The van der Waals surface area contributed by atoms with Crippen LogP contribution < -0.4 is 0 Å². The Labute approximate surface area is 43.2 Å². The largest absolute Gasteiger partial charge is 0.400 e. The Hall–Kier alpha value is -0.660.